The molecule has 0 aromatic carbocycles. The lowest BCUT2D eigenvalue weighted by Crippen LogP contribution is -2.41. The number of aliphatic hydroxyl groups excluding tert-OH is 3. The molecule has 1 fully saturated rings. The van der Waals surface area contributed by atoms with E-state index in [4.69, 9.17) is 14.6 Å². The second-order valence-corrected chi connectivity index (χ2v) is 5.57. The van der Waals surface area contributed by atoms with Gasteiger partial charge in [0.1, 0.15) is 24.4 Å². The number of hydrogen-bond donors (Lipinski definition) is 3. The number of unbranched alkanes of at least 4 members (excludes halogenated alkanes) is 6. The fraction of sp³-hybridized carbons (Fsp3) is 1.00. The van der Waals surface area contributed by atoms with Gasteiger partial charge >= 0.3 is 0 Å². The molecule has 0 spiro atoms. The molecule has 5 nitrogen and oxygen atoms in total. The zero-order valence-corrected chi connectivity index (χ0v) is 12.5. The molecular weight excluding hydrogens is 260 g/mol. The van der Waals surface area contributed by atoms with Crippen LogP contribution < -0.4 is 0 Å². The molecular formula is C15H30O5. The monoisotopic (exact) mass is 290 g/mol. The number of aliphatic hydroxyl groups is 3. The number of hydrogen-bond acceptors (Lipinski definition) is 5. The van der Waals surface area contributed by atoms with Crippen LogP contribution >= 0.6 is 0 Å². The van der Waals surface area contributed by atoms with Gasteiger partial charge < -0.3 is 24.8 Å². The van der Waals surface area contributed by atoms with Crippen LogP contribution in [0.25, 0.3) is 0 Å². The molecule has 0 unspecified atom stereocenters. The quantitative estimate of drug-likeness (QED) is 0.499. The van der Waals surface area contributed by atoms with Crippen molar-refractivity contribution in [3.63, 3.8) is 0 Å². The minimum atomic E-state index is -1.04. The van der Waals surface area contributed by atoms with Crippen molar-refractivity contribution in [2.45, 2.75) is 76.3 Å². The van der Waals surface area contributed by atoms with Crippen LogP contribution in [0, 0.1) is 0 Å². The summed E-state index contributed by atoms with van der Waals surface area (Å²) in [6.45, 7) is 2.69. The van der Waals surface area contributed by atoms with E-state index in [9.17, 15) is 10.2 Å². The Morgan fingerprint density at radius 2 is 1.80 bits per heavy atom. The predicted molar refractivity (Wildman–Crippen MR) is 76.6 cm³/mol. The second kappa shape index (κ2) is 10.5. The molecule has 0 aromatic heterocycles. The van der Waals surface area contributed by atoms with E-state index in [1.165, 1.54) is 32.1 Å². The average molecular weight is 290 g/mol. The topological polar surface area (TPSA) is 79.2 Å². The van der Waals surface area contributed by atoms with Crippen LogP contribution in [-0.4, -0.2) is 59.6 Å². The van der Waals surface area contributed by atoms with Crippen LogP contribution in [0.2, 0.25) is 0 Å². The van der Waals surface area contributed by atoms with Gasteiger partial charge in [0.15, 0.2) is 0 Å². The summed E-state index contributed by atoms with van der Waals surface area (Å²) >= 11 is 0. The van der Waals surface area contributed by atoms with E-state index in [2.05, 4.69) is 6.92 Å². The average Bonchev–Trinajstić information content (AvgIpc) is 2.82. The van der Waals surface area contributed by atoms with Crippen molar-refractivity contribution in [2.75, 3.05) is 19.8 Å². The summed E-state index contributed by atoms with van der Waals surface area (Å²) < 4.78 is 10.9. The Balaban J connectivity index is 2.03. The number of rotatable bonds is 11. The molecule has 0 bridgehead atoms. The molecule has 3 N–H and O–H groups in total. The van der Waals surface area contributed by atoms with Gasteiger partial charge in [0, 0.05) is 6.61 Å². The van der Waals surface area contributed by atoms with E-state index < -0.39 is 24.9 Å². The molecule has 1 aliphatic heterocycles. The molecule has 4 atom stereocenters. The summed E-state index contributed by atoms with van der Waals surface area (Å²) in [5.74, 6) is 0. The zero-order chi connectivity index (χ0) is 14.8. The Labute approximate surface area is 121 Å². The van der Waals surface area contributed by atoms with Crippen molar-refractivity contribution in [2.24, 2.45) is 0 Å². The Morgan fingerprint density at radius 1 is 1.15 bits per heavy atom. The van der Waals surface area contributed by atoms with Crippen molar-refractivity contribution < 1.29 is 24.8 Å². The molecule has 0 aliphatic carbocycles. The smallest absolute Gasteiger partial charge is 0.114 e. The normalized spacial score (nSPS) is 27.9. The van der Waals surface area contributed by atoms with Gasteiger partial charge in [-0.15, -0.1) is 0 Å². The van der Waals surface area contributed by atoms with Crippen LogP contribution in [0.1, 0.15) is 51.9 Å². The Morgan fingerprint density at radius 3 is 2.45 bits per heavy atom. The summed E-state index contributed by atoms with van der Waals surface area (Å²) in [6.07, 6.45) is 5.53. The number of ether oxygens (including phenoxy) is 2. The first-order chi connectivity index (χ1) is 9.70. The largest absolute Gasteiger partial charge is 0.394 e. The highest BCUT2D eigenvalue weighted by molar-refractivity contribution is 4.88. The third-order valence-electron chi connectivity index (χ3n) is 3.82. The molecule has 5 heteroatoms. The van der Waals surface area contributed by atoms with Crippen LogP contribution in [0.3, 0.4) is 0 Å². The first-order valence-corrected chi connectivity index (χ1v) is 7.90. The Hall–Kier alpha value is -0.200. The molecule has 20 heavy (non-hydrogen) atoms. The van der Waals surface area contributed by atoms with Crippen LogP contribution in [0.15, 0.2) is 0 Å². The highest BCUT2D eigenvalue weighted by Crippen LogP contribution is 2.20. The van der Waals surface area contributed by atoms with Crippen LogP contribution in [0.4, 0.5) is 0 Å². The van der Waals surface area contributed by atoms with Gasteiger partial charge in [0.25, 0.3) is 0 Å². The molecule has 0 radical (unpaired) electrons. The SMILES string of the molecule is CCCCCCCCCO[C@@H]1CO[C@H]([C@@H](O)CO)[C@@H]1O. The fourth-order valence-electron chi connectivity index (χ4n) is 2.50. The molecule has 1 rings (SSSR count). The second-order valence-electron chi connectivity index (χ2n) is 5.57. The zero-order valence-electron chi connectivity index (χ0n) is 12.5. The summed E-state index contributed by atoms with van der Waals surface area (Å²) in [6, 6.07) is 0. The maximum Gasteiger partial charge on any atom is 0.114 e. The molecule has 1 saturated heterocycles. The van der Waals surface area contributed by atoms with E-state index in [1.54, 1.807) is 0 Å². The van der Waals surface area contributed by atoms with Gasteiger partial charge in [-0.3, -0.25) is 0 Å². The lowest BCUT2D eigenvalue weighted by molar-refractivity contribution is -0.0730. The van der Waals surface area contributed by atoms with Gasteiger partial charge in [0.2, 0.25) is 0 Å². The first kappa shape index (κ1) is 17.9. The lowest BCUT2D eigenvalue weighted by atomic mass is 10.1. The van der Waals surface area contributed by atoms with E-state index in [1.807, 2.05) is 0 Å². The van der Waals surface area contributed by atoms with Crippen molar-refractivity contribution >= 4 is 0 Å². The first-order valence-electron chi connectivity index (χ1n) is 7.90. The van der Waals surface area contributed by atoms with Crippen molar-refractivity contribution in [1.29, 1.82) is 0 Å². The van der Waals surface area contributed by atoms with E-state index in [0.717, 1.165) is 12.8 Å². The minimum Gasteiger partial charge on any atom is -0.394 e. The van der Waals surface area contributed by atoms with Gasteiger partial charge in [-0.1, -0.05) is 45.4 Å². The van der Waals surface area contributed by atoms with Crippen LogP contribution in [-0.2, 0) is 9.47 Å². The van der Waals surface area contributed by atoms with Gasteiger partial charge in [-0.2, -0.15) is 0 Å². The van der Waals surface area contributed by atoms with Crippen molar-refractivity contribution in [1.82, 2.24) is 0 Å². The highest BCUT2D eigenvalue weighted by Gasteiger charge is 2.40. The van der Waals surface area contributed by atoms with E-state index in [0.29, 0.717) is 6.61 Å². The molecule has 1 heterocycles. The van der Waals surface area contributed by atoms with Crippen molar-refractivity contribution in [3.05, 3.63) is 0 Å². The summed E-state index contributed by atoms with van der Waals surface area (Å²) in [7, 11) is 0. The third kappa shape index (κ3) is 6.06. The fourth-order valence-corrected chi connectivity index (χ4v) is 2.50. The minimum absolute atomic E-state index is 0.277. The van der Waals surface area contributed by atoms with E-state index >= 15 is 0 Å². The third-order valence-corrected chi connectivity index (χ3v) is 3.82. The van der Waals surface area contributed by atoms with E-state index in [-0.39, 0.29) is 12.7 Å². The molecule has 0 amide bonds. The molecule has 0 aromatic rings. The Bertz CT molecular complexity index is 236. The van der Waals surface area contributed by atoms with Gasteiger partial charge in [0.05, 0.1) is 13.2 Å². The lowest BCUT2D eigenvalue weighted by Gasteiger charge is -2.20. The highest BCUT2D eigenvalue weighted by atomic mass is 16.6. The maximum atomic E-state index is 9.93. The standard InChI is InChI=1S/C15H30O5/c1-2-3-4-5-6-7-8-9-19-13-11-20-15(14(13)18)12(17)10-16/h12-18H,2-11H2,1H3/t12-,13+,14+,15+/m0/s1. The van der Waals surface area contributed by atoms with Crippen molar-refractivity contribution in [3.8, 4) is 0 Å². The predicted octanol–water partition coefficient (Wildman–Crippen LogP) is 1.24. The summed E-state index contributed by atoms with van der Waals surface area (Å²) in [5, 5.41) is 28.2. The summed E-state index contributed by atoms with van der Waals surface area (Å²) in [5.41, 5.74) is 0. The van der Waals surface area contributed by atoms with Crippen LogP contribution in [0.5, 0.6) is 0 Å². The molecule has 120 valence electrons. The molecule has 0 saturated carbocycles. The summed E-state index contributed by atoms with van der Waals surface area (Å²) in [4.78, 5) is 0. The maximum absolute atomic E-state index is 9.93. The van der Waals surface area contributed by atoms with Gasteiger partial charge in [-0.25, -0.2) is 0 Å². The Kier molecular flexibility index (Phi) is 9.39. The van der Waals surface area contributed by atoms with Gasteiger partial charge in [-0.05, 0) is 6.42 Å². The molecule has 1 aliphatic rings.